The fourth-order valence-corrected chi connectivity index (χ4v) is 1.83. The van der Waals surface area contributed by atoms with Gasteiger partial charge in [-0.2, -0.15) is 8.42 Å². The molecule has 0 aromatic carbocycles. The van der Waals surface area contributed by atoms with Gasteiger partial charge in [0.25, 0.3) is 0 Å². The number of hydrogen-bond donors (Lipinski definition) is 5. The van der Waals surface area contributed by atoms with Crippen molar-refractivity contribution in [1.82, 2.24) is 0 Å². The largest absolute Gasteiger partial charge is 0.397 e. The standard InChI is InChI=1S/C6H12O9S/c7-1-2-3(8)5(15-16(11,12)13)4(9)6(10)14-2/h2-10H,1H2,(H,11,12,13)/t2-,3+,4-,5+,6-/m1/s1. The summed E-state index contributed by atoms with van der Waals surface area (Å²) >= 11 is 0. The summed E-state index contributed by atoms with van der Waals surface area (Å²) in [5.74, 6) is 0. The average Bonchev–Trinajstić information content (AvgIpc) is 2.17. The van der Waals surface area contributed by atoms with Gasteiger partial charge < -0.3 is 25.2 Å². The number of aliphatic hydroxyl groups excluding tert-OH is 4. The van der Waals surface area contributed by atoms with Crippen molar-refractivity contribution >= 4 is 10.4 Å². The Balaban J connectivity index is 2.85. The minimum atomic E-state index is -4.91. The van der Waals surface area contributed by atoms with Crippen molar-refractivity contribution in [3.05, 3.63) is 0 Å². The first-order chi connectivity index (χ1) is 7.26. The van der Waals surface area contributed by atoms with Crippen molar-refractivity contribution in [2.45, 2.75) is 30.7 Å². The third kappa shape index (κ3) is 3.09. The molecule has 96 valence electrons. The van der Waals surface area contributed by atoms with Crippen LogP contribution in [0.25, 0.3) is 0 Å². The summed E-state index contributed by atoms with van der Waals surface area (Å²) in [5, 5.41) is 36.5. The quantitative estimate of drug-likeness (QED) is 0.327. The lowest BCUT2D eigenvalue weighted by atomic mass is 9.99. The highest BCUT2D eigenvalue weighted by molar-refractivity contribution is 7.80. The van der Waals surface area contributed by atoms with Crippen molar-refractivity contribution in [3.8, 4) is 0 Å². The summed E-state index contributed by atoms with van der Waals surface area (Å²) in [6.45, 7) is -0.726. The number of ether oxygens (including phenoxy) is 1. The van der Waals surface area contributed by atoms with Crippen LogP contribution >= 0.6 is 0 Å². The van der Waals surface area contributed by atoms with E-state index in [1.807, 2.05) is 0 Å². The van der Waals surface area contributed by atoms with Gasteiger partial charge in [0.2, 0.25) is 0 Å². The molecule has 16 heavy (non-hydrogen) atoms. The Morgan fingerprint density at radius 1 is 1.19 bits per heavy atom. The van der Waals surface area contributed by atoms with Crippen molar-refractivity contribution in [2.75, 3.05) is 6.61 Å². The molecule has 0 saturated carbocycles. The molecule has 5 N–H and O–H groups in total. The molecule has 0 unspecified atom stereocenters. The highest BCUT2D eigenvalue weighted by atomic mass is 32.3. The van der Waals surface area contributed by atoms with Gasteiger partial charge in [0.1, 0.15) is 24.4 Å². The van der Waals surface area contributed by atoms with Crippen molar-refractivity contribution in [3.63, 3.8) is 0 Å². The van der Waals surface area contributed by atoms with Crippen LogP contribution in [-0.2, 0) is 19.3 Å². The Morgan fingerprint density at radius 2 is 1.75 bits per heavy atom. The topological polar surface area (TPSA) is 154 Å². The molecule has 10 heteroatoms. The summed E-state index contributed by atoms with van der Waals surface area (Å²) in [4.78, 5) is 0. The molecule has 1 aliphatic rings. The second kappa shape index (κ2) is 4.89. The first-order valence-corrected chi connectivity index (χ1v) is 5.59. The molecule has 0 spiro atoms. The fourth-order valence-electron chi connectivity index (χ4n) is 1.32. The van der Waals surface area contributed by atoms with Crippen LogP contribution in [0.15, 0.2) is 0 Å². The molecule has 0 aromatic heterocycles. The molecule has 1 aliphatic heterocycles. The third-order valence-electron chi connectivity index (χ3n) is 2.07. The maximum absolute atomic E-state index is 10.4. The summed E-state index contributed by atoms with van der Waals surface area (Å²) < 4.78 is 37.8. The van der Waals surface area contributed by atoms with Gasteiger partial charge in [-0.25, -0.2) is 4.18 Å². The van der Waals surface area contributed by atoms with Crippen LogP contribution in [0.1, 0.15) is 0 Å². The van der Waals surface area contributed by atoms with Gasteiger partial charge in [-0.1, -0.05) is 0 Å². The number of aliphatic hydroxyl groups is 4. The van der Waals surface area contributed by atoms with Crippen LogP contribution in [0, 0.1) is 0 Å². The molecule has 1 fully saturated rings. The lowest BCUT2D eigenvalue weighted by molar-refractivity contribution is -0.282. The number of rotatable bonds is 3. The molecular formula is C6H12O9S. The molecule has 1 heterocycles. The Morgan fingerprint density at radius 3 is 2.19 bits per heavy atom. The average molecular weight is 260 g/mol. The van der Waals surface area contributed by atoms with Crippen LogP contribution in [0.4, 0.5) is 0 Å². The highest BCUT2D eigenvalue weighted by Crippen LogP contribution is 2.23. The molecular weight excluding hydrogens is 248 g/mol. The second-order valence-corrected chi connectivity index (χ2v) is 4.27. The molecule has 9 nitrogen and oxygen atoms in total. The molecule has 0 aliphatic carbocycles. The molecule has 1 saturated heterocycles. The third-order valence-corrected chi connectivity index (χ3v) is 2.54. The summed E-state index contributed by atoms with van der Waals surface area (Å²) in [6.07, 6.45) is -8.58. The van der Waals surface area contributed by atoms with E-state index in [0.29, 0.717) is 0 Å². The minimum absolute atomic E-state index is 0.726. The van der Waals surface area contributed by atoms with E-state index in [0.717, 1.165) is 0 Å². The van der Waals surface area contributed by atoms with E-state index < -0.39 is 47.7 Å². The maximum atomic E-state index is 10.4. The smallest absolute Gasteiger partial charge is 0.394 e. The summed E-state index contributed by atoms with van der Waals surface area (Å²) in [5.41, 5.74) is 0. The summed E-state index contributed by atoms with van der Waals surface area (Å²) in [6, 6.07) is 0. The predicted molar refractivity (Wildman–Crippen MR) is 46.4 cm³/mol. The zero-order valence-electron chi connectivity index (χ0n) is 7.87. The highest BCUT2D eigenvalue weighted by Gasteiger charge is 2.46. The molecule has 0 bridgehead atoms. The molecule has 5 atom stereocenters. The minimum Gasteiger partial charge on any atom is -0.394 e. The first-order valence-electron chi connectivity index (χ1n) is 4.22. The van der Waals surface area contributed by atoms with Crippen LogP contribution in [0.5, 0.6) is 0 Å². The Labute approximate surface area is 90.8 Å². The zero-order chi connectivity index (χ0) is 12.5. The zero-order valence-corrected chi connectivity index (χ0v) is 8.69. The van der Waals surface area contributed by atoms with Gasteiger partial charge in [0.05, 0.1) is 6.61 Å². The molecule has 1 rings (SSSR count). The predicted octanol–water partition coefficient (Wildman–Crippen LogP) is -3.39. The van der Waals surface area contributed by atoms with Gasteiger partial charge in [0, 0.05) is 0 Å². The van der Waals surface area contributed by atoms with Gasteiger partial charge in [0.15, 0.2) is 6.29 Å². The van der Waals surface area contributed by atoms with E-state index >= 15 is 0 Å². The normalized spacial score (nSPS) is 40.9. The van der Waals surface area contributed by atoms with Gasteiger partial charge >= 0.3 is 10.4 Å². The SMILES string of the molecule is O=S(=O)(O)O[C@@H]1[C@@H](O)[C@H](O)O[C@H](CO)[C@@H]1O. The van der Waals surface area contributed by atoms with E-state index in [1.165, 1.54) is 0 Å². The second-order valence-electron chi connectivity index (χ2n) is 3.22. The van der Waals surface area contributed by atoms with Crippen molar-refractivity contribution in [2.24, 2.45) is 0 Å². The monoisotopic (exact) mass is 260 g/mol. The van der Waals surface area contributed by atoms with Crippen LogP contribution in [-0.4, -0.2) is 70.7 Å². The fraction of sp³-hybridized carbons (Fsp3) is 1.00. The Hall–Kier alpha value is -0.330. The Bertz CT molecular complexity index is 327. The van der Waals surface area contributed by atoms with Crippen LogP contribution in [0.2, 0.25) is 0 Å². The van der Waals surface area contributed by atoms with E-state index in [2.05, 4.69) is 8.92 Å². The van der Waals surface area contributed by atoms with E-state index in [4.69, 9.17) is 14.8 Å². The van der Waals surface area contributed by atoms with Gasteiger partial charge in [-0.05, 0) is 0 Å². The van der Waals surface area contributed by atoms with Crippen LogP contribution < -0.4 is 0 Å². The lowest BCUT2D eigenvalue weighted by Gasteiger charge is -2.38. The molecule has 0 aromatic rings. The van der Waals surface area contributed by atoms with Crippen LogP contribution in [0.3, 0.4) is 0 Å². The molecule has 0 amide bonds. The molecule has 0 radical (unpaired) electrons. The Kier molecular flexibility index (Phi) is 4.20. The van der Waals surface area contributed by atoms with E-state index in [9.17, 15) is 18.6 Å². The maximum Gasteiger partial charge on any atom is 0.397 e. The first kappa shape index (κ1) is 13.7. The van der Waals surface area contributed by atoms with E-state index in [-0.39, 0.29) is 0 Å². The summed E-state index contributed by atoms with van der Waals surface area (Å²) in [7, 11) is -4.91. The van der Waals surface area contributed by atoms with E-state index in [1.54, 1.807) is 0 Å². The van der Waals surface area contributed by atoms with Gasteiger partial charge in [-0.15, -0.1) is 0 Å². The van der Waals surface area contributed by atoms with Crippen molar-refractivity contribution < 1.29 is 42.3 Å². The number of hydrogen-bond acceptors (Lipinski definition) is 8. The lowest BCUT2D eigenvalue weighted by Crippen LogP contribution is -2.59. The van der Waals surface area contributed by atoms with Crippen molar-refractivity contribution in [1.29, 1.82) is 0 Å². The van der Waals surface area contributed by atoms with Gasteiger partial charge in [-0.3, -0.25) is 4.55 Å².